The van der Waals surface area contributed by atoms with Gasteiger partial charge >= 0.3 is 12.0 Å². The first-order valence-electron chi connectivity index (χ1n) is 6.91. The molecule has 5 nitrogen and oxygen atoms in total. The molecule has 0 aliphatic rings. The molecule has 2 amide bonds. The summed E-state index contributed by atoms with van der Waals surface area (Å²) in [5.74, 6) is -0.952. The fraction of sp³-hybridized carbons (Fsp3) is 0.500. The van der Waals surface area contributed by atoms with Crippen LogP contribution in [-0.4, -0.2) is 22.6 Å². The van der Waals surface area contributed by atoms with Gasteiger partial charge in [-0.05, 0) is 40.2 Å². The normalized spacial score (nSPS) is 11.9. The van der Waals surface area contributed by atoms with Gasteiger partial charge in [0.25, 0.3) is 0 Å². The summed E-state index contributed by atoms with van der Waals surface area (Å²) in [6.45, 7) is 8.99. The number of carbonyl (C=O) groups excluding carboxylic acids is 1. The van der Waals surface area contributed by atoms with E-state index in [2.05, 4.69) is 10.6 Å². The van der Waals surface area contributed by atoms with Crippen molar-refractivity contribution in [1.29, 1.82) is 0 Å². The first-order chi connectivity index (χ1) is 9.56. The van der Waals surface area contributed by atoms with E-state index in [-0.39, 0.29) is 6.03 Å². The topological polar surface area (TPSA) is 78.4 Å². The van der Waals surface area contributed by atoms with Crippen LogP contribution < -0.4 is 10.6 Å². The zero-order valence-corrected chi connectivity index (χ0v) is 13.3. The Hall–Kier alpha value is -2.04. The average molecular weight is 292 g/mol. The van der Waals surface area contributed by atoms with Gasteiger partial charge in [-0.2, -0.15) is 0 Å². The van der Waals surface area contributed by atoms with Crippen LogP contribution >= 0.6 is 0 Å². The van der Waals surface area contributed by atoms with Gasteiger partial charge in [0.05, 0.1) is 11.0 Å². The van der Waals surface area contributed by atoms with E-state index in [9.17, 15) is 14.7 Å². The summed E-state index contributed by atoms with van der Waals surface area (Å²) in [7, 11) is 0. The number of carboxylic acid groups (broad SMARTS) is 1. The smallest absolute Gasteiger partial charge is 0.315 e. The van der Waals surface area contributed by atoms with Gasteiger partial charge in [-0.3, -0.25) is 4.79 Å². The molecule has 0 saturated carbocycles. The van der Waals surface area contributed by atoms with E-state index in [0.29, 0.717) is 6.54 Å². The molecule has 0 fully saturated rings. The summed E-state index contributed by atoms with van der Waals surface area (Å²) >= 11 is 0. The maximum atomic E-state index is 12.0. The van der Waals surface area contributed by atoms with Gasteiger partial charge < -0.3 is 15.7 Å². The number of aryl methyl sites for hydroxylation is 1. The molecule has 0 heterocycles. The van der Waals surface area contributed by atoms with Crippen LogP contribution in [-0.2, 0) is 11.3 Å². The first-order valence-corrected chi connectivity index (χ1v) is 6.91. The third kappa shape index (κ3) is 4.21. The number of benzene rings is 1. The van der Waals surface area contributed by atoms with E-state index in [4.69, 9.17) is 0 Å². The molecule has 1 aromatic carbocycles. The fourth-order valence-electron chi connectivity index (χ4n) is 1.64. The second-order valence-corrected chi connectivity index (χ2v) is 6.35. The lowest BCUT2D eigenvalue weighted by molar-refractivity contribution is -0.150. The molecule has 0 unspecified atom stereocenters. The van der Waals surface area contributed by atoms with Crippen molar-refractivity contribution in [1.82, 2.24) is 10.6 Å². The molecular formula is C16H24N2O3. The van der Waals surface area contributed by atoms with Crippen LogP contribution in [0, 0.1) is 12.3 Å². The molecule has 1 rings (SSSR count). The maximum absolute atomic E-state index is 12.0. The Labute approximate surface area is 125 Å². The van der Waals surface area contributed by atoms with Crippen LogP contribution in [0.15, 0.2) is 24.3 Å². The lowest BCUT2D eigenvalue weighted by Gasteiger charge is -2.38. The van der Waals surface area contributed by atoms with Crippen molar-refractivity contribution < 1.29 is 14.7 Å². The van der Waals surface area contributed by atoms with Gasteiger partial charge in [0, 0.05) is 6.54 Å². The zero-order chi connectivity index (χ0) is 16.3. The largest absolute Gasteiger partial charge is 0.481 e. The van der Waals surface area contributed by atoms with Crippen molar-refractivity contribution in [2.75, 3.05) is 0 Å². The van der Waals surface area contributed by atoms with Crippen molar-refractivity contribution in [2.24, 2.45) is 5.41 Å². The predicted molar refractivity (Wildman–Crippen MR) is 82.0 cm³/mol. The Morgan fingerprint density at radius 3 is 2.10 bits per heavy atom. The lowest BCUT2D eigenvalue weighted by atomic mass is 9.74. The molecule has 0 aliphatic carbocycles. The van der Waals surface area contributed by atoms with E-state index >= 15 is 0 Å². The van der Waals surface area contributed by atoms with Gasteiger partial charge in [-0.1, -0.05) is 29.8 Å². The highest BCUT2D eigenvalue weighted by Crippen LogP contribution is 2.30. The van der Waals surface area contributed by atoms with Crippen molar-refractivity contribution >= 4 is 12.0 Å². The second kappa shape index (κ2) is 6.16. The minimum absolute atomic E-state index is 0.380. The number of nitrogens with one attached hydrogen (secondary N) is 2. The number of hydrogen-bond donors (Lipinski definition) is 3. The molecule has 0 saturated heterocycles. The van der Waals surface area contributed by atoms with Gasteiger partial charge in [0.1, 0.15) is 0 Å². The van der Waals surface area contributed by atoms with Crippen molar-refractivity contribution in [3.8, 4) is 0 Å². The summed E-state index contributed by atoms with van der Waals surface area (Å²) in [5.41, 5.74) is 0.197. The minimum Gasteiger partial charge on any atom is -0.481 e. The molecule has 116 valence electrons. The number of hydrogen-bond acceptors (Lipinski definition) is 2. The average Bonchev–Trinajstić information content (AvgIpc) is 2.37. The molecule has 0 aromatic heterocycles. The molecule has 21 heavy (non-hydrogen) atoms. The number of urea groups is 1. The molecule has 0 radical (unpaired) electrons. The van der Waals surface area contributed by atoms with Crippen LogP contribution in [0.5, 0.6) is 0 Å². The number of amides is 2. The van der Waals surface area contributed by atoms with E-state index in [0.717, 1.165) is 11.1 Å². The number of carbonyl (C=O) groups is 2. The van der Waals surface area contributed by atoms with Gasteiger partial charge in [0.15, 0.2) is 0 Å². The van der Waals surface area contributed by atoms with Crippen LogP contribution in [0.4, 0.5) is 4.79 Å². The Morgan fingerprint density at radius 2 is 1.62 bits per heavy atom. The molecule has 5 heteroatoms. The molecule has 0 aliphatic heterocycles. The fourth-order valence-corrected chi connectivity index (χ4v) is 1.64. The Kier molecular flexibility index (Phi) is 4.99. The predicted octanol–water partition coefficient (Wildman–Crippen LogP) is 2.68. The standard InChI is InChI=1S/C16H24N2O3/c1-11-6-8-12(9-7-11)10-17-14(21)18-16(4,5)15(2,3)13(19)20/h6-9H,10H2,1-5H3,(H,19,20)(H2,17,18,21). The monoisotopic (exact) mass is 292 g/mol. The van der Waals surface area contributed by atoms with Crippen LogP contribution in [0.2, 0.25) is 0 Å². The Morgan fingerprint density at radius 1 is 1.10 bits per heavy atom. The summed E-state index contributed by atoms with van der Waals surface area (Å²) in [4.78, 5) is 23.2. The second-order valence-electron chi connectivity index (χ2n) is 6.35. The minimum atomic E-state index is -1.08. The highest BCUT2D eigenvalue weighted by atomic mass is 16.4. The van der Waals surface area contributed by atoms with Crippen molar-refractivity contribution in [3.63, 3.8) is 0 Å². The summed E-state index contributed by atoms with van der Waals surface area (Å²) in [6.07, 6.45) is 0. The third-order valence-electron chi connectivity index (χ3n) is 4.10. The van der Waals surface area contributed by atoms with Crippen LogP contribution in [0.1, 0.15) is 38.8 Å². The zero-order valence-electron chi connectivity index (χ0n) is 13.3. The molecule has 1 aromatic rings. The van der Waals surface area contributed by atoms with E-state index in [1.807, 2.05) is 31.2 Å². The number of carboxylic acids is 1. The molecule has 0 bridgehead atoms. The summed E-state index contributed by atoms with van der Waals surface area (Å²) in [6, 6.07) is 7.47. The first kappa shape index (κ1) is 17.0. The van der Waals surface area contributed by atoms with Crippen molar-refractivity contribution in [2.45, 2.75) is 46.7 Å². The number of rotatable bonds is 5. The van der Waals surface area contributed by atoms with Gasteiger partial charge in [0.2, 0.25) is 0 Å². The summed E-state index contributed by atoms with van der Waals surface area (Å²) < 4.78 is 0. The highest BCUT2D eigenvalue weighted by molar-refractivity contribution is 5.79. The van der Waals surface area contributed by atoms with E-state index in [1.165, 1.54) is 0 Å². The Bertz CT molecular complexity index is 519. The van der Waals surface area contributed by atoms with E-state index in [1.54, 1.807) is 27.7 Å². The Balaban J connectivity index is 2.61. The van der Waals surface area contributed by atoms with Crippen LogP contribution in [0.3, 0.4) is 0 Å². The SMILES string of the molecule is Cc1ccc(CNC(=O)NC(C)(C)C(C)(C)C(=O)O)cc1. The van der Waals surface area contributed by atoms with E-state index < -0.39 is 16.9 Å². The number of aliphatic carboxylic acids is 1. The van der Waals surface area contributed by atoms with Gasteiger partial charge in [-0.15, -0.1) is 0 Å². The summed E-state index contributed by atoms with van der Waals surface area (Å²) in [5, 5.41) is 14.7. The highest BCUT2D eigenvalue weighted by Gasteiger charge is 2.44. The third-order valence-corrected chi connectivity index (χ3v) is 4.10. The lowest BCUT2D eigenvalue weighted by Crippen LogP contribution is -2.58. The maximum Gasteiger partial charge on any atom is 0.315 e. The molecular weight excluding hydrogens is 268 g/mol. The van der Waals surface area contributed by atoms with Crippen molar-refractivity contribution in [3.05, 3.63) is 35.4 Å². The molecule has 0 spiro atoms. The molecule has 3 N–H and O–H groups in total. The van der Waals surface area contributed by atoms with Crippen LogP contribution in [0.25, 0.3) is 0 Å². The molecule has 0 atom stereocenters. The quantitative estimate of drug-likeness (QED) is 0.780. The van der Waals surface area contributed by atoms with Gasteiger partial charge in [-0.25, -0.2) is 4.79 Å².